The summed E-state index contributed by atoms with van der Waals surface area (Å²) in [5.74, 6) is 0.918. The Balaban J connectivity index is 3.02. The highest BCUT2D eigenvalue weighted by atomic mass is 16.3. The van der Waals surface area contributed by atoms with Crippen molar-refractivity contribution in [2.75, 3.05) is 6.54 Å². The average Bonchev–Trinajstić information content (AvgIpc) is 2.17. The molecule has 1 heterocycles. The van der Waals surface area contributed by atoms with Gasteiger partial charge in [0.2, 0.25) is 5.88 Å². The van der Waals surface area contributed by atoms with Crippen LogP contribution in [0.15, 0.2) is 0 Å². The van der Waals surface area contributed by atoms with Crippen LogP contribution in [0.4, 0.5) is 0 Å². The number of hydrogen-bond acceptors (Lipinski definition) is 3. The quantitative estimate of drug-likeness (QED) is 0.628. The lowest BCUT2D eigenvalue weighted by Gasteiger charge is -2.00. The maximum Gasteiger partial charge on any atom is 0.232 e. The number of aromatic nitrogens is 2. The Labute approximate surface area is 65.7 Å². The third kappa shape index (κ3) is 1.35. The molecule has 1 rings (SSSR count). The first-order valence-electron chi connectivity index (χ1n) is 3.58. The molecule has 0 spiro atoms. The Kier molecular flexibility index (Phi) is 2.14. The minimum atomic E-state index is 0.107. The van der Waals surface area contributed by atoms with Crippen LogP contribution >= 0.6 is 0 Å². The molecule has 4 heteroatoms. The first kappa shape index (κ1) is 8.07. The summed E-state index contributed by atoms with van der Waals surface area (Å²) in [6.45, 7) is 2.38. The monoisotopic (exact) mass is 155 g/mol. The summed E-state index contributed by atoms with van der Waals surface area (Å²) in [7, 11) is 1.87. The van der Waals surface area contributed by atoms with Gasteiger partial charge in [0.25, 0.3) is 0 Å². The molecular formula is C7H13N3O. The van der Waals surface area contributed by atoms with Gasteiger partial charge in [0.1, 0.15) is 5.82 Å². The molecule has 0 saturated heterocycles. The zero-order valence-electron chi connectivity index (χ0n) is 6.83. The summed E-state index contributed by atoms with van der Waals surface area (Å²) in [5, 5.41) is 9.26. The number of aryl methyl sites for hydroxylation is 1. The van der Waals surface area contributed by atoms with Gasteiger partial charge in [-0.1, -0.05) is 0 Å². The maximum atomic E-state index is 9.26. The fourth-order valence-corrected chi connectivity index (χ4v) is 1.05. The summed E-state index contributed by atoms with van der Waals surface area (Å²) in [6, 6.07) is 0. The Morgan fingerprint density at radius 3 is 2.64 bits per heavy atom. The summed E-state index contributed by atoms with van der Waals surface area (Å²) in [5.41, 5.74) is 6.17. The van der Waals surface area contributed by atoms with E-state index in [2.05, 4.69) is 4.98 Å². The fourth-order valence-electron chi connectivity index (χ4n) is 1.05. The van der Waals surface area contributed by atoms with E-state index in [0.29, 0.717) is 13.0 Å². The highest BCUT2D eigenvalue weighted by Gasteiger charge is 2.08. The van der Waals surface area contributed by atoms with Gasteiger partial charge in [-0.2, -0.15) is 4.98 Å². The molecule has 0 unspecified atom stereocenters. The van der Waals surface area contributed by atoms with Gasteiger partial charge in [0.05, 0.1) is 5.69 Å². The van der Waals surface area contributed by atoms with E-state index < -0.39 is 0 Å². The van der Waals surface area contributed by atoms with E-state index in [0.717, 1.165) is 11.5 Å². The van der Waals surface area contributed by atoms with Crippen molar-refractivity contribution in [3.8, 4) is 5.88 Å². The molecule has 4 nitrogen and oxygen atoms in total. The van der Waals surface area contributed by atoms with Gasteiger partial charge in [0, 0.05) is 13.5 Å². The van der Waals surface area contributed by atoms with Gasteiger partial charge >= 0.3 is 0 Å². The molecule has 11 heavy (non-hydrogen) atoms. The highest BCUT2D eigenvalue weighted by molar-refractivity contribution is 5.21. The van der Waals surface area contributed by atoms with Gasteiger partial charge in [-0.05, 0) is 13.5 Å². The molecule has 0 aromatic carbocycles. The van der Waals surface area contributed by atoms with Gasteiger partial charge in [0.15, 0.2) is 0 Å². The Morgan fingerprint density at radius 1 is 1.64 bits per heavy atom. The predicted octanol–water partition coefficient (Wildman–Crippen LogP) is -0.0647. The molecule has 0 radical (unpaired) electrons. The standard InChI is InChI=1S/C7H13N3O/c1-5-9-7(11)6(3-4-8)10(5)2/h11H,3-4,8H2,1-2H3. The first-order valence-corrected chi connectivity index (χ1v) is 3.58. The number of aromatic hydroxyl groups is 1. The van der Waals surface area contributed by atoms with Gasteiger partial charge in [-0.3, -0.25) is 0 Å². The molecular weight excluding hydrogens is 142 g/mol. The fraction of sp³-hybridized carbons (Fsp3) is 0.571. The predicted molar refractivity (Wildman–Crippen MR) is 42.4 cm³/mol. The minimum Gasteiger partial charge on any atom is -0.492 e. The summed E-state index contributed by atoms with van der Waals surface area (Å²) in [6.07, 6.45) is 0.670. The van der Waals surface area contributed by atoms with Crippen molar-refractivity contribution in [1.29, 1.82) is 0 Å². The third-order valence-electron chi connectivity index (χ3n) is 1.80. The minimum absolute atomic E-state index is 0.107. The molecule has 3 N–H and O–H groups in total. The Morgan fingerprint density at radius 2 is 2.27 bits per heavy atom. The van der Waals surface area contributed by atoms with Crippen molar-refractivity contribution < 1.29 is 5.11 Å². The molecule has 1 aromatic heterocycles. The van der Waals surface area contributed by atoms with E-state index in [1.807, 2.05) is 18.5 Å². The summed E-state index contributed by atoms with van der Waals surface area (Å²) < 4.78 is 1.85. The van der Waals surface area contributed by atoms with E-state index in [1.54, 1.807) is 0 Å². The van der Waals surface area contributed by atoms with Crippen molar-refractivity contribution in [1.82, 2.24) is 9.55 Å². The van der Waals surface area contributed by atoms with Crippen LogP contribution in [0.1, 0.15) is 11.5 Å². The lowest BCUT2D eigenvalue weighted by molar-refractivity contribution is 0.447. The van der Waals surface area contributed by atoms with E-state index in [4.69, 9.17) is 5.73 Å². The number of imidazole rings is 1. The lowest BCUT2D eigenvalue weighted by atomic mass is 10.3. The topological polar surface area (TPSA) is 64.1 Å². The van der Waals surface area contributed by atoms with Crippen LogP contribution in [0.3, 0.4) is 0 Å². The van der Waals surface area contributed by atoms with Crippen LogP contribution in [0, 0.1) is 6.92 Å². The van der Waals surface area contributed by atoms with Crippen LogP contribution in [-0.4, -0.2) is 21.2 Å². The Hall–Kier alpha value is -1.03. The van der Waals surface area contributed by atoms with Crippen molar-refractivity contribution in [2.45, 2.75) is 13.3 Å². The van der Waals surface area contributed by atoms with Crippen molar-refractivity contribution >= 4 is 0 Å². The molecule has 0 aliphatic carbocycles. The van der Waals surface area contributed by atoms with Crippen molar-refractivity contribution in [2.24, 2.45) is 12.8 Å². The number of rotatable bonds is 2. The van der Waals surface area contributed by atoms with E-state index in [1.165, 1.54) is 0 Å². The van der Waals surface area contributed by atoms with Crippen molar-refractivity contribution in [3.05, 3.63) is 11.5 Å². The molecule has 0 aliphatic rings. The zero-order valence-corrected chi connectivity index (χ0v) is 6.83. The number of nitrogens with two attached hydrogens (primary N) is 1. The molecule has 1 aromatic rings. The highest BCUT2D eigenvalue weighted by Crippen LogP contribution is 2.15. The summed E-state index contributed by atoms with van der Waals surface area (Å²) >= 11 is 0. The van der Waals surface area contributed by atoms with E-state index in [9.17, 15) is 5.11 Å². The number of nitrogens with zero attached hydrogens (tertiary/aromatic N) is 2. The van der Waals surface area contributed by atoms with Crippen LogP contribution in [0.5, 0.6) is 5.88 Å². The maximum absolute atomic E-state index is 9.26. The largest absolute Gasteiger partial charge is 0.492 e. The molecule has 0 atom stereocenters. The molecule has 0 bridgehead atoms. The zero-order chi connectivity index (χ0) is 8.43. The molecule has 0 saturated carbocycles. The second-order valence-electron chi connectivity index (χ2n) is 2.53. The summed E-state index contributed by atoms with van der Waals surface area (Å²) in [4.78, 5) is 3.89. The van der Waals surface area contributed by atoms with Gasteiger partial charge < -0.3 is 15.4 Å². The van der Waals surface area contributed by atoms with E-state index in [-0.39, 0.29) is 5.88 Å². The normalized spacial score (nSPS) is 10.5. The van der Waals surface area contributed by atoms with E-state index >= 15 is 0 Å². The molecule has 0 fully saturated rings. The second-order valence-corrected chi connectivity index (χ2v) is 2.53. The average molecular weight is 155 g/mol. The SMILES string of the molecule is Cc1nc(O)c(CCN)n1C. The molecule has 62 valence electrons. The number of hydrogen-bond donors (Lipinski definition) is 2. The van der Waals surface area contributed by atoms with Crippen molar-refractivity contribution in [3.63, 3.8) is 0 Å². The smallest absolute Gasteiger partial charge is 0.232 e. The molecule has 0 amide bonds. The third-order valence-corrected chi connectivity index (χ3v) is 1.80. The van der Waals surface area contributed by atoms with Crippen LogP contribution in [-0.2, 0) is 13.5 Å². The van der Waals surface area contributed by atoms with Gasteiger partial charge in [-0.15, -0.1) is 0 Å². The molecule has 0 aliphatic heterocycles. The van der Waals surface area contributed by atoms with Crippen LogP contribution < -0.4 is 5.73 Å². The Bertz CT molecular complexity index is 254. The van der Waals surface area contributed by atoms with Crippen LogP contribution in [0.25, 0.3) is 0 Å². The van der Waals surface area contributed by atoms with Crippen LogP contribution in [0.2, 0.25) is 0 Å². The lowest BCUT2D eigenvalue weighted by Crippen LogP contribution is -2.07. The van der Waals surface area contributed by atoms with Gasteiger partial charge in [-0.25, -0.2) is 0 Å². The first-order chi connectivity index (χ1) is 5.16. The second kappa shape index (κ2) is 2.92.